The maximum atomic E-state index is 12.6. The van der Waals surface area contributed by atoms with E-state index in [2.05, 4.69) is 6.92 Å². The van der Waals surface area contributed by atoms with E-state index in [4.69, 9.17) is 25.7 Å². The Kier molecular flexibility index (Phi) is 11.0. The Balaban J connectivity index is 1.39. The molecule has 1 saturated carbocycles. The molecule has 0 spiro atoms. The summed E-state index contributed by atoms with van der Waals surface area (Å²) in [6.45, 7) is 5.15. The van der Waals surface area contributed by atoms with Gasteiger partial charge in [0.25, 0.3) is 0 Å². The first-order chi connectivity index (χ1) is 17.8. The molecule has 0 heterocycles. The molecule has 0 radical (unpaired) electrons. The summed E-state index contributed by atoms with van der Waals surface area (Å²) in [5, 5.41) is 0. The first kappa shape index (κ1) is 28.3. The highest BCUT2D eigenvalue weighted by Crippen LogP contribution is 2.28. The van der Waals surface area contributed by atoms with Gasteiger partial charge in [0.2, 0.25) is 0 Å². The number of rotatable bonds is 12. The molecule has 2 aromatic carbocycles. The maximum Gasteiger partial charge on any atom is 0.330 e. The van der Waals surface area contributed by atoms with Crippen molar-refractivity contribution in [2.75, 3.05) is 24.7 Å². The molecule has 0 bridgehead atoms. The zero-order valence-corrected chi connectivity index (χ0v) is 22.0. The number of carbonyl (C=O) groups is 2. The molecule has 7 heteroatoms. The van der Waals surface area contributed by atoms with E-state index in [0.717, 1.165) is 49.8 Å². The number of carbonyl (C=O) groups excluding carboxylic acids is 2. The van der Waals surface area contributed by atoms with E-state index in [1.165, 1.54) is 18.9 Å². The van der Waals surface area contributed by atoms with Gasteiger partial charge in [-0.3, -0.25) is 4.79 Å². The molecule has 1 aliphatic rings. The highest BCUT2D eigenvalue weighted by molar-refractivity contribution is 5.87. The molecule has 200 valence electrons. The van der Waals surface area contributed by atoms with Crippen LogP contribution in [-0.2, 0) is 19.1 Å². The lowest BCUT2D eigenvalue weighted by atomic mass is 9.87. The number of hydrogen-bond donors (Lipinski definition) is 2. The molecule has 2 aromatic rings. The van der Waals surface area contributed by atoms with Gasteiger partial charge in [-0.25, -0.2) is 4.79 Å². The Labute approximate surface area is 220 Å². The average molecular weight is 509 g/mol. The van der Waals surface area contributed by atoms with Crippen molar-refractivity contribution >= 4 is 29.4 Å². The van der Waals surface area contributed by atoms with E-state index in [0.29, 0.717) is 17.1 Å². The highest BCUT2D eigenvalue weighted by atomic mass is 16.5. The number of nitrogens with two attached hydrogens (primary N) is 2. The van der Waals surface area contributed by atoms with Crippen LogP contribution in [-0.4, -0.2) is 31.3 Å². The first-order valence-corrected chi connectivity index (χ1v) is 13.3. The number of ether oxygens (including phenoxy) is 3. The summed E-state index contributed by atoms with van der Waals surface area (Å²) in [4.78, 5) is 24.7. The summed E-state index contributed by atoms with van der Waals surface area (Å²) in [5.41, 5.74) is 14.6. The first-order valence-electron chi connectivity index (χ1n) is 13.3. The number of hydrogen-bond acceptors (Lipinski definition) is 7. The van der Waals surface area contributed by atoms with Crippen molar-refractivity contribution in [3.63, 3.8) is 0 Å². The molecule has 1 unspecified atom stereocenters. The standard InChI is InChI=1S/C30H40N2O5/c1-3-4-5-16-35-27-13-9-23(10-14-27)30(34)37-28-11-6-22(7-12-28)8-15-29(33)36-20-21(2)24-17-25(31)19-26(32)18-24/h6-8,11-12,15,17-19,21,23,27H,3-5,9-10,13-14,16,20,31-32H2,1-2H3/b15-8+. The van der Waals surface area contributed by atoms with Crippen LogP contribution in [0, 0.1) is 5.92 Å². The van der Waals surface area contributed by atoms with Crippen LogP contribution in [0.3, 0.4) is 0 Å². The molecule has 1 atom stereocenters. The van der Waals surface area contributed by atoms with Gasteiger partial charge in [0.05, 0.1) is 18.6 Å². The summed E-state index contributed by atoms with van der Waals surface area (Å²) in [7, 11) is 0. The summed E-state index contributed by atoms with van der Waals surface area (Å²) in [6.07, 6.45) is 10.2. The van der Waals surface area contributed by atoms with Crippen LogP contribution in [0.1, 0.15) is 75.8 Å². The van der Waals surface area contributed by atoms with Gasteiger partial charge in [-0.15, -0.1) is 0 Å². The Hall–Kier alpha value is -3.32. The summed E-state index contributed by atoms with van der Waals surface area (Å²) < 4.78 is 16.9. The minimum atomic E-state index is -0.441. The maximum absolute atomic E-state index is 12.6. The van der Waals surface area contributed by atoms with Gasteiger partial charge >= 0.3 is 11.9 Å². The van der Waals surface area contributed by atoms with E-state index in [1.54, 1.807) is 36.4 Å². The molecule has 0 amide bonds. The Morgan fingerprint density at radius 2 is 1.68 bits per heavy atom. The Morgan fingerprint density at radius 3 is 2.32 bits per heavy atom. The lowest BCUT2D eigenvalue weighted by molar-refractivity contribution is -0.141. The molecule has 0 aromatic heterocycles. The van der Waals surface area contributed by atoms with Gasteiger partial charge in [0.1, 0.15) is 5.75 Å². The number of nitrogen functional groups attached to an aromatic ring is 2. The summed E-state index contributed by atoms with van der Waals surface area (Å²) in [5.74, 6) is -0.254. The van der Waals surface area contributed by atoms with Crippen molar-refractivity contribution < 1.29 is 23.8 Å². The predicted molar refractivity (Wildman–Crippen MR) is 147 cm³/mol. The third-order valence-corrected chi connectivity index (χ3v) is 6.66. The van der Waals surface area contributed by atoms with E-state index in [-0.39, 0.29) is 30.5 Å². The van der Waals surface area contributed by atoms with Gasteiger partial charge in [0, 0.05) is 30.0 Å². The molecule has 0 saturated heterocycles. The van der Waals surface area contributed by atoms with Crippen molar-refractivity contribution in [2.45, 2.75) is 70.8 Å². The summed E-state index contributed by atoms with van der Waals surface area (Å²) >= 11 is 0. The molecular formula is C30H40N2O5. The van der Waals surface area contributed by atoms with E-state index >= 15 is 0 Å². The second-order valence-electron chi connectivity index (χ2n) is 9.84. The summed E-state index contributed by atoms with van der Waals surface area (Å²) in [6, 6.07) is 12.4. The molecule has 3 rings (SSSR count). The molecular weight excluding hydrogens is 468 g/mol. The molecule has 1 aliphatic carbocycles. The molecule has 37 heavy (non-hydrogen) atoms. The molecule has 4 N–H and O–H groups in total. The Bertz CT molecular complexity index is 1020. The normalized spacial score (nSPS) is 18.4. The van der Waals surface area contributed by atoms with Gasteiger partial charge in [-0.2, -0.15) is 0 Å². The van der Waals surface area contributed by atoms with Gasteiger partial charge in [0.15, 0.2) is 0 Å². The van der Waals surface area contributed by atoms with Crippen molar-refractivity contribution in [3.8, 4) is 5.75 Å². The lowest BCUT2D eigenvalue weighted by Gasteiger charge is -2.27. The smallest absolute Gasteiger partial charge is 0.330 e. The van der Waals surface area contributed by atoms with E-state index in [9.17, 15) is 9.59 Å². The predicted octanol–water partition coefficient (Wildman–Crippen LogP) is 5.88. The van der Waals surface area contributed by atoms with Gasteiger partial charge in [-0.05, 0) is 79.6 Å². The second-order valence-corrected chi connectivity index (χ2v) is 9.84. The third kappa shape index (κ3) is 9.57. The van der Waals surface area contributed by atoms with E-state index < -0.39 is 5.97 Å². The van der Waals surface area contributed by atoms with Gasteiger partial charge < -0.3 is 25.7 Å². The third-order valence-electron chi connectivity index (χ3n) is 6.66. The fourth-order valence-corrected chi connectivity index (χ4v) is 4.42. The van der Waals surface area contributed by atoms with Crippen molar-refractivity contribution in [1.82, 2.24) is 0 Å². The van der Waals surface area contributed by atoms with Gasteiger partial charge in [-0.1, -0.05) is 38.8 Å². The van der Waals surface area contributed by atoms with Crippen LogP contribution >= 0.6 is 0 Å². The van der Waals surface area contributed by atoms with Crippen LogP contribution < -0.4 is 16.2 Å². The van der Waals surface area contributed by atoms with E-state index in [1.807, 2.05) is 19.1 Å². The van der Waals surface area contributed by atoms with Crippen LogP contribution in [0.2, 0.25) is 0 Å². The largest absolute Gasteiger partial charge is 0.462 e. The van der Waals surface area contributed by atoms with Crippen LogP contribution in [0.4, 0.5) is 11.4 Å². The zero-order chi connectivity index (χ0) is 26.6. The molecule has 0 aliphatic heterocycles. The minimum absolute atomic E-state index is 0.0366. The van der Waals surface area contributed by atoms with Crippen LogP contribution in [0.5, 0.6) is 5.75 Å². The number of benzene rings is 2. The fourth-order valence-electron chi connectivity index (χ4n) is 4.42. The number of unbranched alkanes of at least 4 members (excludes halogenated alkanes) is 2. The van der Waals surface area contributed by atoms with Crippen molar-refractivity contribution in [1.29, 1.82) is 0 Å². The highest BCUT2D eigenvalue weighted by Gasteiger charge is 2.28. The second kappa shape index (κ2) is 14.4. The lowest BCUT2D eigenvalue weighted by Crippen LogP contribution is -2.29. The fraction of sp³-hybridized carbons (Fsp3) is 0.467. The average Bonchev–Trinajstić information content (AvgIpc) is 2.89. The molecule has 1 fully saturated rings. The SMILES string of the molecule is CCCCCOC1CCC(C(=O)Oc2ccc(/C=C/C(=O)OCC(C)c3cc(N)cc(N)c3)cc2)CC1. The quantitative estimate of drug-likeness (QED) is 0.121. The zero-order valence-electron chi connectivity index (χ0n) is 22.0. The minimum Gasteiger partial charge on any atom is -0.462 e. The van der Waals surface area contributed by atoms with Crippen LogP contribution in [0.15, 0.2) is 48.5 Å². The monoisotopic (exact) mass is 508 g/mol. The van der Waals surface area contributed by atoms with Crippen molar-refractivity contribution in [3.05, 3.63) is 59.7 Å². The molecule has 7 nitrogen and oxygen atoms in total. The van der Waals surface area contributed by atoms with Crippen molar-refractivity contribution in [2.24, 2.45) is 5.92 Å². The number of anilines is 2. The van der Waals surface area contributed by atoms with Crippen LogP contribution in [0.25, 0.3) is 6.08 Å². The number of esters is 2. The topological polar surface area (TPSA) is 114 Å². The Morgan fingerprint density at radius 1 is 1.00 bits per heavy atom.